The number of rotatable bonds is 4. The van der Waals surface area contributed by atoms with Gasteiger partial charge in [0.15, 0.2) is 5.82 Å². The predicted molar refractivity (Wildman–Crippen MR) is 76.5 cm³/mol. The fourth-order valence-electron chi connectivity index (χ4n) is 1.47. The second-order valence-corrected chi connectivity index (χ2v) is 6.04. The van der Waals surface area contributed by atoms with Gasteiger partial charge in [-0.05, 0) is 28.1 Å². The molecule has 0 amide bonds. The number of halogens is 1. The SMILES string of the molecule is CNc1ccccc1S(=O)(=O)Nc1cnc(Br)cn1. The summed E-state index contributed by atoms with van der Waals surface area (Å²) in [6.07, 6.45) is 2.76. The van der Waals surface area contributed by atoms with E-state index in [2.05, 4.69) is 35.9 Å². The molecule has 0 fully saturated rings. The second kappa shape index (κ2) is 5.54. The third-order valence-electron chi connectivity index (χ3n) is 2.31. The Morgan fingerprint density at radius 3 is 2.53 bits per heavy atom. The summed E-state index contributed by atoms with van der Waals surface area (Å²) in [5, 5.41) is 2.83. The Labute approximate surface area is 119 Å². The van der Waals surface area contributed by atoms with Crippen molar-refractivity contribution in [3.05, 3.63) is 41.3 Å². The fourth-order valence-corrected chi connectivity index (χ4v) is 2.88. The molecule has 100 valence electrons. The monoisotopic (exact) mass is 342 g/mol. The maximum atomic E-state index is 12.2. The van der Waals surface area contributed by atoms with E-state index in [0.29, 0.717) is 10.3 Å². The van der Waals surface area contributed by atoms with Crippen molar-refractivity contribution in [2.24, 2.45) is 0 Å². The van der Waals surface area contributed by atoms with Gasteiger partial charge in [-0.15, -0.1) is 0 Å². The molecule has 0 aliphatic carbocycles. The Balaban J connectivity index is 2.35. The van der Waals surface area contributed by atoms with E-state index in [-0.39, 0.29) is 10.7 Å². The molecule has 1 heterocycles. The van der Waals surface area contributed by atoms with E-state index in [1.807, 2.05) is 0 Å². The van der Waals surface area contributed by atoms with Crippen molar-refractivity contribution in [1.29, 1.82) is 0 Å². The lowest BCUT2D eigenvalue weighted by molar-refractivity contribution is 0.601. The van der Waals surface area contributed by atoms with Crippen LogP contribution in [-0.2, 0) is 10.0 Å². The largest absolute Gasteiger partial charge is 0.387 e. The number of sulfonamides is 1. The van der Waals surface area contributed by atoms with Crippen molar-refractivity contribution in [1.82, 2.24) is 9.97 Å². The standard InChI is InChI=1S/C11H11BrN4O2S/c1-13-8-4-2-3-5-9(8)19(17,18)16-11-7-14-10(12)6-15-11/h2-7,13H,1H3,(H,15,16). The summed E-state index contributed by atoms with van der Waals surface area (Å²) in [6, 6.07) is 6.61. The van der Waals surface area contributed by atoms with Gasteiger partial charge < -0.3 is 5.32 Å². The average Bonchev–Trinajstić information content (AvgIpc) is 2.41. The highest BCUT2D eigenvalue weighted by molar-refractivity contribution is 9.10. The number of benzene rings is 1. The molecule has 2 rings (SSSR count). The van der Waals surface area contributed by atoms with Crippen LogP contribution in [0.1, 0.15) is 0 Å². The molecule has 0 saturated carbocycles. The van der Waals surface area contributed by atoms with Gasteiger partial charge in [-0.1, -0.05) is 12.1 Å². The van der Waals surface area contributed by atoms with Gasteiger partial charge in [0.25, 0.3) is 10.0 Å². The lowest BCUT2D eigenvalue weighted by atomic mass is 10.3. The van der Waals surface area contributed by atoms with Crippen molar-refractivity contribution < 1.29 is 8.42 Å². The van der Waals surface area contributed by atoms with Gasteiger partial charge in [0.1, 0.15) is 9.50 Å². The Bertz CT molecular complexity index is 673. The third kappa shape index (κ3) is 3.21. The number of para-hydroxylation sites is 1. The number of anilines is 2. The zero-order valence-corrected chi connectivity index (χ0v) is 12.4. The highest BCUT2D eigenvalue weighted by Crippen LogP contribution is 2.22. The van der Waals surface area contributed by atoms with E-state index < -0.39 is 10.0 Å². The number of nitrogens with one attached hydrogen (secondary N) is 2. The molecule has 2 aromatic rings. The minimum absolute atomic E-state index is 0.155. The molecular formula is C11H11BrN4O2S. The van der Waals surface area contributed by atoms with Gasteiger partial charge in [0, 0.05) is 7.05 Å². The summed E-state index contributed by atoms with van der Waals surface area (Å²) < 4.78 is 27.4. The van der Waals surface area contributed by atoms with Crippen LogP contribution in [0.15, 0.2) is 46.2 Å². The van der Waals surface area contributed by atoms with E-state index >= 15 is 0 Å². The molecular weight excluding hydrogens is 332 g/mol. The van der Waals surface area contributed by atoms with E-state index in [0.717, 1.165) is 0 Å². The number of hydrogen-bond donors (Lipinski definition) is 2. The van der Waals surface area contributed by atoms with Crippen LogP contribution in [0.3, 0.4) is 0 Å². The van der Waals surface area contributed by atoms with Crippen LogP contribution < -0.4 is 10.0 Å². The van der Waals surface area contributed by atoms with Crippen molar-refractivity contribution in [2.75, 3.05) is 17.1 Å². The van der Waals surface area contributed by atoms with Crippen LogP contribution in [0, 0.1) is 0 Å². The van der Waals surface area contributed by atoms with Gasteiger partial charge in [-0.3, -0.25) is 4.72 Å². The van der Waals surface area contributed by atoms with Gasteiger partial charge >= 0.3 is 0 Å². The first-order chi connectivity index (χ1) is 9.03. The Kier molecular flexibility index (Phi) is 4.01. The van der Waals surface area contributed by atoms with E-state index in [1.54, 1.807) is 25.2 Å². The van der Waals surface area contributed by atoms with E-state index in [1.165, 1.54) is 18.5 Å². The Hall–Kier alpha value is -1.67. The van der Waals surface area contributed by atoms with Gasteiger partial charge in [0.2, 0.25) is 0 Å². The van der Waals surface area contributed by atoms with Crippen LogP contribution in [0.5, 0.6) is 0 Å². The summed E-state index contributed by atoms with van der Waals surface area (Å²) >= 11 is 3.13. The first-order valence-corrected chi connectivity index (χ1v) is 7.58. The zero-order chi connectivity index (χ0) is 13.9. The summed E-state index contributed by atoms with van der Waals surface area (Å²) in [7, 11) is -2.04. The summed E-state index contributed by atoms with van der Waals surface area (Å²) in [6.45, 7) is 0. The molecule has 0 bridgehead atoms. The molecule has 8 heteroatoms. The summed E-state index contributed by atoms with van der Waals surface area (Å²) in [5.41, 5.74) is 0.514. The Morgan fingerprint density at radius 1 is 1.16 bits per heavy atom. The molecule has 0 spiro atoms. The van der Waals surface area contributed by atoms with Crippen LogP contribution in [0.4, 0.5) is 11.5 Å². The van der Waals surface area contributed by atoms with E-state index in [4.69, 9.17) is 0 Å². The number of nitrogens with zero attached hydrogens (tertiary/aromatic N) is 2. The molecule has 0 atom stereocenters. The fraction of sp³-hybridized carbons (Fsp3) is 0.0909. The van der Waals surface area contributed by atoms with Crippen molar-refractivity contribution >= 4 is 37.5 Å². The quantitative estimate of drug-likeness (QED) is 0.888. The van der Waals surface area contributed by atoms with Gasteiger partial charge in [-0.2, -0.15) is 0 Å². The lowest BCUT2D eigenvalue weighted by Crippen LogP contribution is -2.15. The van der Waals surface area contributed by atoms with Crippen LogP contribution in [0.25, 0.3) is 0 Å². The molecule has 6 nitrogen and oxygen atoms in total. The molecule has 0 radical (unpaired) electrons. The molecule has 0 aliphatic heterocycles. The lowest BCUT2D eigenvalue weighted by Gasteiger charge is -2.10. The summed E-state index contributed by atoms with van der Waals surface area (Å²) in [5.74, 6) is 0.161. The molecule has 0 aliphatic rings. The molecule has 1 aromatic carbocycles. The van der Waals surface area contributed by atoms with Crippen LogP contribution in [-0.4, -0.2) is 25.4 Å². The number of aromatic nitrogens is 2. The Morgan fingerprint density at radius 2 is 1.89 bits per heavy atom. The minimum Gasteiger partial charge on any atom is -0.387 e. The highest BCUT2D eigenvalue weighted by atomic mass is 79.9. The van der Waals surface area contributed by atoms with E-state index in [9.17, 15) is 8.42 Å². The maximum Gasteiger partial charge on any atom is 0.265 e. The van der Waals surface area contributed by atoms with Crippen LogP contribution >= 0.6 is 15.9 Å². The molecule has 19 heavy (non-hydrogen) atoms. The topological polar surface area (TPSA) is 84.0 Å². The van der Waals surface area contributed by atoms with Gasteiger partial charge in [-0.25, -0.2) is 18.4 Å². The summed E-state index contributed by atoms with van der Waals surface area (Å²) in [4.78, 5) is 7.99. The third-order valence-corrected chi connectivity index (χ3v) is 4.13. The van der Waals surface area contributed by atoms with Gasteiger partial charge in [0.05, 0.1) is 18.1 Å². The minimum atomic E-state index is -3.70. The first-order valence-electron chi connectivity index (χ1n) is 5.30. The number of hydrogen-bond acceptors (Lipinski definition) is 5. The predicted octanol–water partition coefficient (Wildman–Crippen LogP) is 2.08. The molecule has 2 N–H and O–H groups in total. The average molecular weight is 343 g/mol. The zero-order valence-electron chi connectivity index (χ0n) is 9.96. The normalized spacial score (nSPS) is 11.1. The smallest absolute Gasteiger partial charge is 0.265 e. The highest BCUT2D eigenvalue weighted by Gasteiger charge is 2.18. The van der Waals surface area contributed by atoms with Crippen molar-refractivity contribution in [3.8, 4) is 0 Å². The molecule has 1 aromatic heterocycles. The first kappa shape index (κ1) is 13.8. The molecule has 0 saturated heterocycles. The molecule has 0 unspecified atom stereocenters. The van der Waals surface area contributed by atoms with Crippen molar-refractivity contribution in [3.63, 3.8) is 0 Å². The van der Waals surface area contributed by atoms with Crippen LogP contribution in [0.2, 0.25) is 0 Å². The second-order valence-electron chi connectivity index (χ2n) is 3.58. The maximum absolute atomic E-state index is 12.2. The van der Waals surface area contributed by atoms with Crippen molar-refractivity contribution in [2.45, 2.75) is 4.90 Å².